The Kier molecular flexibility index (Phi) is 5.99. The number of hydrogen-bond donors (Lipinski definition) is 2. The van der Waals surface area contributed by atoms with Gasteiger partial charge in [-0.25, -0.2) is 0 Å². The molecule has 0 spiro atoms. The average molecular weight is 387 g/mol. The van der Waals surface area contributed by atoms with Crippen molar-refractivity contribution in [3.63, 3.8) is 0 Å². The molecule has 0 aliphatic heterocycles. The normalized spacial score (nSPS) is 10.8. The molecule has 0 saturated heterocycles. The Morgan fingerprint density at radius 2 is 2.08 bits per heavy atom. The molecule has 0 fully saturated rings. The van der Waals surface area contributed by atoms with Crippen LogP contribution in [0, 0.1) is 11.3 Å². The number of amides is 1. The lowest BCUT2D eigenvalue weighted by Crippen LogP contribution is -2.23. The fraction of sp³-hybridized carbons (Fsp3) is 0.111. The number of nitriles is 1. The summed E-state index contributed by atoms with van der Waals surface area (Å²) >= 11 is 3.21. The van der Waals surface area contributed by atoms with Crippen LogP contribution in [0.25, 0.3) is 6.08 Å². The van der Waals surface area contributed by atoms with Gasteiger partial charge in [-0.3, -0.25) is 4.79 Å². The van der Waals surface area contributed by atoms with Crippen LogP contribution in [0.1, 0.15) is 11.1 Å². The zero-order chi connectivity index (χ0) is 17.5. The van der Waals surface area contributed by atoms with Gasteiger partial charge in [0, 0.05) is 6.54 Å². The average Bonchev–Trinajstić information content (AvgIpc) is 2.61. The van der Waals surface area contributed by atoms with E-state index in [2.05, 4.69) is 21.2 Å². The Morgan fingerprint density at radius 1 is 1.38 bits per heavy atom. The van der Waals surface area contributed by atoms with E-state index < -0.39 is 5.91 Å². The number of phenols is 1. The van der Waals surface area contributed by atoms with E-state index in [1.807, 2.05) is 36.4 Å². The van der Waals surface area contributed by atoms with Crippen LogP contribution in [-0.4, -0.2) is 18.1 Å². The van der Waals surface area contributed by atoms with Crippen molar-refractivity contribution in [3.05, 3.63) is 63.6 Å². The molecule has 2 aromatic rings. The van der Waals surface area contributed by atoms with Crippen molar-refractivity contribution in [1.29, 1.82) is 5.26 Å². The number of aromatic hydroxyl groups is 1. The van der Waals surface area contributed by atoms with Gasteiger partial charge < -0.3 is 15.2 Å². The Balaban J connectivity index is 2.18. The number of rotatable bonds is 5. The SMILES string of the molecule is COc1cc(/C=C(/C#N)C(=O)NCc2ccccc2)cc(Br)c1O. The van der Waals surface area contributed by atoms with E-state index in [0.29, 0.717) is 16.6 Å². The maximum Gasteiger partial charge on any atom is 0.262 e. The van der Waals surface area contributed by atoms with Crippen molar-refractivity contribution in [2.45, 2.75) is 6.54 Å². The first-order valence-electron chi connectivity index (χ1n) is 7.05. The first kappa shape index (κ1) is 17.6. The molecule has 5 nitrogen and oxygen atoms in total. The number of ether oxygens (including phenoxy) is 1. The Morgan fingerprint density at radius 3 is 2.71 bits per heavy atom. The van der Waals surface area contributed by atoms with Gasteiger partial charge in [0.15, 0.2) is 11.5 Å². The summed E-state index contributed by atoms with van der Waals surface area (Å²) in [4.78, 5) is 12.2. The van der Waals surface area contributed by atoms with Crippen molar-refractivity contribution < 1.29 is 14.6 Å². The van der Waals surface area contributed by atoms with E-state index in [0.717, 1.165) is 5.56 Å². The third-order valence-electron chi connectivity index (χ3n) is 3.24. The molecule has 0 radical (unpaired) electrons. The Bertz CT molecular complexity index is 811. The van der Waals surface area contributed by atoms with Gasteiger partial charge in [0.05, 0.1) is 11.6 Å². The summed E-state index contributed by atoms with van der Waals surface area (Å²) in [6, 6.07) is 14.4. The summed E-state index contributed by atoms with van der Waals surface area (Å²) in [7, 11) is 1.42. The maximum absolute atomic E-state index is 12.2. The molecule has 0 heterocycles. The molecule has 6 heteroatoms. The van der Waals surface area contributed by atoms with Crippen molar-refractivity contribution in [3.8, 4) is 17.6 Å². The van der Waals surface area contributed by atoms with E-state index in [9.17, 15) is 15.2 Å². The second kappa shape index (κ2) is 8.18. The second-order valence-electron chi connectivity index (χ2n) is 4.89. The van der Waals surface area contributed by atoms with Crippen LogP contribution in [0.5, 0.6) is 11.5 Å². The van der Waals surface area contributed by atoms with Gasteiger partial charge in [-0.1, -0.05) is 30.3 Å². The largest absolute Gasteiger partial charge is 0.503 e. The van der Waals surface area contributed by atoms with Crippen LogP contribution >= 0.6 is 15.9 Å². The number of nitrogens with zero attached hydrogens (tertiary/aromatic N) is 1. The number of carbonyl (C=O) groups is 1. The van der Waals surface area contributed by atoms with Crippen molar-refractivity contribution in [1.82, 2.24) is 5.32 Å². The highest BCUT2D eigenvalue weighted by molar-refractivity contribution is 9.10. The van der Waals surface area contributed by atoms with Gasteiger partial charge in [0.1, 0.15) is 11.6 Å². The van der Waals surface area contributed by atoms with Gasteiger partial charge in [-0.15, -0.1) is 0 Å². The van der Waals surface area contributed by atoms with E-state index in [-0.39, 0.29) is 17.1 Å². The highest BCUT2D eigenvalue weighted by atomic mass is 79.9. The van der Waals surface area contributed by atoms with Gasteiger partial charge in [-0.05, 0) is 45.3 Å². The molecule has 24 heavy (non-hydrogen) atoms. The molecule has 2 N–H and O–H groups in total. The predicted octanol–water partition coefficient (Wildman–Crippen LogP) is 3.39. The fourth-order valence-corrected chi connectivity index (χ4v) is 2.48. The van der Waals surface area contributed by atoms with Crippen molar-refractivity contribution in [2.24, 2.45) is 0 Å². The molecule has 0 saturated carbocycles. The molecule has 0 aromatic heterocycles. The molecule has 1 amide bonds. The van der Waals surface area contributed by atoms with Crippen molar-refractivity contribution in [2.75, 3.05) is 7.11 Å². The minimum absolute atomic E-state index is 0.0365. The Labute approximate surface area is 148 Å². The first-order chi connectivity index (χ1) is 11.5. The van der Waals surface area contributed by atoms with Gasteiger partial charge >= 0.3 is 0 Å². The number of hydrogen-bond acceptors (Lipinski definition) is 4. The molecule has 2 aromatic carbocycles. The summed E-state index contributed by atoms with van der Waals surface area (Å²) in [6.07, 6.45) is 1.44. The molecule has 0 unspecified atom stereocenters. The second-order valence-corrected chi connectivity index (χ2v) is 5.75. The number of phenolic OH excluding ortho intramolecular Hbond substituents is 1. The maximum atomic E-state index is 12.2. The quantitative estimate of drug-likeness (QED) is 0.609. The van der Waals surface area contributed by atoms with Crippen LogP contribution in [0.4, 0.5) is 0 Å². The zero-order valence-electron chi connectivity index (χ0n) is 12.9. The van der Waals surface area contributed by atoms with Crippen LogP contribution in [0.3, 0.4) is 0 Å². The highest BCUT2D eigenvalue weighted by Gasteiger charge is 2.12. The van der Waals surface area contributed by atoms with E-state index in [4.69, 9.17) is 4.74 Å². The van der Waals surface area contributed by atoms with Gasteiger partial charge in [0.25, 0.3) is 5.91 Å². The number of nitrogens with one attached hydrogen (secondary N) is 1. The summed E-state index contributed by atoms with van der Waals surface area (Å²) < 4.78 is 5.47. The lowest BCUT2D eigenvalue weighted by atomic mass is 10.1. The minimum Gasteiger partial charge on any atom is -0.503 e. The lowest BCUT2D eigenvalue weighted by Gasteiger charge is -2.07. The smallest absolute Gasteiger partial charge is 0.262 e. The molecule has 2 rings (SSSR count). The van der Waals surface area contributed by atoms with Crippen LogP contribution in [-0.2, 0) is 11.3 Å². The molecule has 0 bridgehead atoms. The van der Waals surface area contributed by atoms with Crippen LogP contribution in [0.2, 0.25) is 0 Å². The van der Waals surface area contributed by atoms with Gasteiger partial charge in [-0.2, -0.15) is 5.26 Å². The van der Waals surface area contributed by atoms with E-state index in [1.54, 1.807) is 12.1 Å². The zero-order valence-corrected chi connectivity index (χ0v) is 14.5. The van der Waals surface area contributed by atoms with Crippen LogP contribution in [0.15, 0.2) is 52.5 Å². The highest BCUT2D eigenvalue weighted by Crippen LogP contribution is 2.35. The fourth-order valence-electron chi connectivity index (χ4n) is 2.02. The predicted molar refractivity (Wildman–Crippen MR) is 94.2 cm³/mol. The molecule has 122 valence electrons. The number of carbonyl (C=O) groups excluding carboxylic acids is 1. The standard InChI is InChI=1S/C18H15BrN2O3/c1-24-16-9-13(8-15(19)17(16)22)7-14(10-20)18(23)21-11-12-5-3-2-4-6-12/h2-9,22H,11H2,1H3,(H,21,23)/b14-7-. The molecular weight excluding hydrogens is 372 g/mol. The number of methoxy groups -OCH3 is 1. The van der Waals surface area contributed by atoms with E-state index >= 15 is 0 Å². The summed E-state index contributed by atoms with van der Waals surface area (Å²) in [6.45, 7) is 0.335. The third-order valence-corrected chi connectivity index (χ3v) is 3.85. The summed E-state index contributed by atoms with van der Waals surface area (Å²) in [5.74, 6) is -0.260. The molecular formula is C18H15BrN2O3. The number of halogens is 1. The molecule has 0 aliphatic rings. The molecule has 0 aliphatic carbocycles. The topological polar surface area (TPSA) is 82.3 Å². The summed E-state index contributed by atoms with van der Waals surface area (Å²) in [5, 5.41) is 21.7. The number of benzene rings is 2. The van der Waals surface area contributed by atoms with Gasteiger partial charge in [0.2, 0.25) is 0 Å². The van der Waals surface area contributed by atoms with E-state index in [1.165, 1.54) is 13.2 Å². The lowest BCUT2D eigenvalue weighted by molar-refractivity contribution is -0.117. The minimum atomic E-state index is -0.468. The first-order valence-corrected chi connectivity index (χ1v) is 7.85. The third kappa shape index (κ3) is 4.37. The van der Waals surface area contributed by atoms with Crippen LogP contribution < -0.4 is 10.1 Å². The monoisotopic (exact) mass is 386 g/mol. The Hall–Kier alpha value is -2.78. The molecule has 0 atom stereocenters. The summed E-state index contributed by atoms with van der Waals surface area (Å²) in [5.41, 5.74) is 1.46. The van der Waals surface area contributed by atoms with Crippen molar-refractivity contribution >= 4 is 27.9 Å².